The van der Waals surface area contributed by atoms with Crippen LogP contribution >= 0.6 is 0 Å². The molecule has 2 aliphatic rings. The van der Waals surface area contributed by atoms with Crippen LogP contribution < -0.4 is 0 Å². The van der Waals surface area contributed by atoms with Gasteiger partial charge in [-0.15, -0.1) is 0 Å². The summed E-state index contributed by atoms with van der Waals surface area (Å²) < 4.78 is 40.5. The summed E-state index contributed by atoms with van der Waals surface area (Å²) in [5.74, 6) is 0.570. The summed E-state index contributed by atoms with van der Waals surface area (Å²) in [6, 6.07) is 11.7. The zero-order chi connectivity index (χ0) is 25.0. The van der Waals surface area contributed by atoms with E-state index in [1.807, 2.05) is 37.2 Å². The van der Waals surface area contributed by atoms with Crippen LogP contribution in [0.15, 0.2) is 48.5 Å². The topological polar surface area (TPSA) is 26.8 Å². The fraction of sp³-hybridized carbons (Fsp3) is 0.464. The first-order valence-electron chi connectivity index (χ1n) is 12.3. The second kappa shape index (κ2) is 11.0. The normalized spacial score (nSPS) is 16.6. The molecule has 0 atom stereocenters. The molecule has 188 valence electrons. The van der Waals surface area contributed by atoms with E-state index in [0.29, 0.717) is 13.1 Å². The number of halogens is 3. The predicted octanol–water partition coefficient (Wildman–Crippen LogP) is 5.08. The van der Waals surface area contributed by atoms with Gasteiger partial charge in [0.15, 0.2) is 0 Å². The third kappa shape index (κ3) is 6.95. The maximum absolute atomic E-state index is 13.5. The lowest BCUT2D eigenvalue weighted by Gasteiger charge is -2.29. The average molecular weight is 486 g/mol. The summed E-state index contributed by atoms with van der Waals surface area (Å²) in [6.07, 6.45) is 2.51. The Bertz CT molecular complexity index is 1060. The van der Waals surface area contributed by atoms with E-state index in [2.05, 4.69) is 11.0 Å². The van der Waals surface area contributed by atoms with E-state index in [9.17, 15) is 18.0 Å². The molecule has 0 bridgehead atoms. The van der Waals surface area contributed by atoms with Crippen molar-refractivity contribution in [3.05, 3.63) is 76.4 Å². The summed E-state index contributed by atoms with van der Waals surface area (Å²) in [5.41, 5.74) is 3.00. The van der Waals surface area contributed by atoms with Crippen molar-refractivity contribution >= 4 is 12.0 Å². The fourth-order valence-corrected chi connectivity index (χ4v) is 4.67. The smallest absolute Gasteiger partial charge is 0.334 e. The number of nitrogens with zero attached hydrogens (tertiary/aromatic N) is 3. The number of fused-ring (bicyclic) bond motifs is 1. The predicted molar refractivity (Wildman–Crippen MR) is 133 cm³/mol. The second-order valence-electron chi connectivity index (χ2n) is 9.96. The highest BCUT2D eigenvalue weighted by Gasteiger charge is 2.33. The first-order chi connectivity index (χ1) is 16.7. The van der Waals surface area contributed by atoms with Crippen LogP contribution in [0, 0.1) is 5.92 Å². The Labute approximate surface area is 206 Å². The van der Waals surface area contributed by atoms with Crippen molar-refractivity contribution < 1.29 is 18.0 Å². The van der Waals surface area contributed by atoms with Gasteiger partial charge in [-0.25, -0.2) is 0 Å². The molecule has 1 heterocycles. The molecule has 1 fully saturated rings. The van der Waals surface area contributed by atoms with E-state index < -0.39 is 11.7 Å². The Morgan fingerprint density at radius 3 is 2.57 bits per heavy atom. The Morgan fingerprint density at radius 2 is 1.86 bits per heavy atom. The van der Waals surface area contributed by atoms with E-state index in [1.165, 1.54) is 47.1 Å². The van der Waals surface area contributed by atoms with E-state index in [-0.39, 0.29) is 18.0 Å². The van der Waals surface area contributed by atoms with Gasteiger partial charge in [0.25, 0.3) is 0 Å². The maximum Gasteiger partial charge on any atom is 0.416 e. The standard InChI is InChI=1S/C28H34F3N3O/c1-32(2)16-17-34(20-24-6-3-4-9-26(24)28(29,30)31)27(35)13-12-22-7-5-8-23-19-33(15-14-25(22)23)18-21-10-11-21/h3-9,12-13,21H,10-11,14-20H2,1-2H3/b13-12+. The van der Waals surface area contributed by atoms with Crippen LogP contribution in [0.5, 0.6) is 0 Å². The van der Waals surface area contributed by atoms with Crippen LogP contribution in [-0.4, -0.2) is 60.9 Å². The van der Waals surface area contributed by atoms with Gasteiger partial charge >= 0.3 is 6.18 Å². The summed E-state index contributed by atoms with van der Waals surface area (Å²) >= 11 is 0. The number of hydrogen-bond acceptors (Lipinski definition) is 3. The van der Waals surface area contributed by atoms with Gasteiger partial charge in [-0.2, -0.15) is 13.2 Å². The SMILES string of the molecule is CN(C)CCN(Cc1ccccc1C(F)(F)F)C(=O)/C=C/c1cccc2c1CCN(CC1CC1)C2. The van der Waals surface area contributed by atoms with Gasteiger partial charge in [-0.05, 0) is 73.7 Å². The summed E-state index contributed by atoms with van der Waals surface area (Å²) in [5, 5.41) is 0. The van der Waals surface area contributed by atoms with Gasteiger partial charge in [0.2, 0.25) is 5.91 Å². The molecule has 4 rings (SSSR count). The minimum atomic E-state index is -4.46. The lowest BCUT2D eigenvalue weighted by molar-refractivity contribution is -0.139. The van der Waals surface area contributed by atoms with Crippen molar-refractivity contribution in [1.29, 1.82) is 0 Å². The van der Waals surface area contributed by atoms with Crippen molar-refractivity contribution in [1.82, 2.24) is 14.7 Å². The van der Waals surface area contributed by atoms with Crippen molar-refractivity contribution in [2.45, 2.75) is 38.5 Å². The lowest BCUT2D eigenvalue weighted by atomic mass is 9.94. The van der Waals surface area contributed by atoms with Gasteiger partial charge in [-0.3, -0.25) is 9.69 Å². The van der Waals surface area contributed by atoms with Crippen LogP contribution in [0.1, 0.15) is 40.7 Å². The minimum absolute atomic E-state index is 0.0876. The van der Waals surface area contributed by atoms with Crippen molar-refractivity contribution in [3.8, 4) is 0 Å². The third-order valence-electron chi connectivity index (χ3n) is 6.81. The molecule has 1 saturated carbocycles. The zero-order valence-electron chi connectivity index (χ0n) is 20.5. The quantitative estimate of drug-likeness (QED) is 0.464. The molecule has 1 amide bonds. The molecular formula is C28H34F3N3O. The molecule has 1 aliphatic heterocycles. The highest BCUT2D eigenvalue weighted by atomic mass is 19.4. The van der Waals surface area contributed by atoms with Gasteiger partial charge in [0, 0.05) is 45.3 Å². The van der Waals surface area contributed by atoms with Gasteiger partial charge < -0.3 is 9.80 Å². The van der Waals surface area contributed by atoms with Gasteiger partial charge in [-0.1, -0.05) is 36.4 Å². The maximum atomic E-state index is 13.5. The molecule has 1 aliphatic carbocycles. The molecular weight excluding hydrogens is 451 g/mol. The Kier molecular flexibility index (Phi) is 7.97. The Hall–Kier alpha value is -2.64. The number of rotatable bonds is 9. The second-order valence-corrected chi connectivity index (χ2v) is 9.96. The Morgan fingerprint density at radius 1 is 1.09 bits per heavy atom. The number of carbonyl (C=O) groups excluding carboxylic acids is 1. The minimum Gasteiger partial charge on any atom is -0.334 e. The molecule has 35 heavy (non-hydrogen) atoms. The number of hydrogen-bond donors (Lipinski definition) is 0. The van der Waals surface area contributed by atoms with Crippen LogP contribution in [0.4, 0.5) is 13.2 Å². The summed E-state index contributed by atoms with van der Waals surface area (Å²) in [4.78, 5) is 19.1. The van der Waals surface area contributed by atoms with E-state index in [0.717, 1.165) is 43.6 Å². The number of amides is 1. The van der Waals surface area contributed by atoms with Gasteiger partial charge in [0.05, 0.1) is 5.56 Å². The lowest BCUT2D eigenvalue weighted by Crippen LogP contribution is -2.35. The van der Waals surface area contributed by atoms with Crippen molar-refractivity contribution in [2.75, 3.05) is 40.3 Å². The largest absolute Gasteiger partial charge is 0.416 e. The van der Waals surface area contributed by atoms with Crippen molar-refractivity contribution in [3.63, 3.8) is 0 Å². The van der Waals surface area contributed by atoms with Gasteiger partial charge in [0.1, 0.15) is 0 Å². The molecule has 0 radical (unpaired) electrons. The van der Waals surface area contributed by atoms with E-state index in [4.69, 9.17) is 0 Å². The van der Waals surface area contributed by atoms with Crippen LogP contribution in [-0.2, 0) is 30.5 Å². The number of alkyl halides is 3. The molecule has 0 spiro atoms. The number of likely N-dealkylation sites (N-methyl/N-ethyl adjacent to an activating group) is 1. The molecule has 0 aromatic heterocycles. The van der Waals surface area contributed by atoms with E-state index >= 15 is 0 Å². The zero-order valence-corrected chi connectivity index (χ0v) is 20.5. The van der Waals surface area contributed by atoms with Crippen molar-refractivity contribution in [2.24, 2.45) is 5.92 Å². The fourth-order valence-electron chi connectivity index (χ4n) is 4.67. The molecule has 0 N–H and O–H groups in total. The number of carbonyl (C=O) groups is 1. The van der Waals surface area contributed by atoms with Crippen LogP contribution in [0.2, 0.25) is 0 Å². The molecule has 4 nitrogen and oxygen atoms in total. The molecule has 0 saturated heterocycles. The first kappa shape index (κ1) is 25.5. The monoisotopic (exact) mass is 485 g/mol. The highest BCUT2D eigenvalue weighted by Crippen LogP contribution is 2.33. The Balaban J connectivity index is 1.50. The first-order valence-corrected chi connectivity index (χ1v) is 12.3. The molecule has 2 aromatic rings. The summed E-state index contributed by atoms with van der Waals surface area (Å²) in [7, 11) is 3.76. The molecule has 7 heteroatoms. The summed E-state index contributed by atoms with van der Waals surface area (Å²) in [6.45, 7) is 3.93. The third-order valence-corrected chi connectivity index (χ3v) is 6.81. The van der Waals surface area contributed by atoms with Crippen LogP contribution in [0.3, 0.4) is 0 Å². The molecule has 2 aromatic carbocycles. The number of benzene rings is 2. The van der Waals surface area contributed by atoms with E-state index in [1.54, 1.807) is 6.07 Å². The molecule has 0 unspecified atom stereocenters. The average Bonchev–Trinajstić information content (AvgIpc) is 3.63. The van der Waals surface area contributed by atoms with Crippen LogP contribution in [0.25, 0.3) is 6.08 Å². The highest BCUT2D eigenvalue weighted by molar-refractivity contribution is 5.92.